The van der Waals surface area contributed by atoms with Crippen molar-refractivity contribution in [3.63, 3.8) is 0 Å². The van der Waals surface area contributed by atoms with Gasteiger partial charge in [0, 0.05) is 29.4 Å². The SMILES string of the molecule is CC1CCCN(C(=O)c2cccc(NC3=C(Cl)C(=O)N(c4ccc(Cl)cc4Cl)C3=O)c2)C1. The highest BCUT2D eigenvalue weighted by molar-refractivity contribution is 6.53. The largest absolute Gasteiger partial charge is 0.350 e. The van der Waals surface area contributed by atoms with E-state index in [1.807, 2.05) is 4.90 Å². The maximum absolute atomic E-state index is 13.0. The van der Waals surface area contributed by atoms with Crippen LogP contribution in [0.5, 0.6) is 0 Å². The third-order valence-electron chi connectivity index (χ3n) is 5.50. The van der Waals surface area contributed by atoms with Crippen molar-refractivity contribution in [2.24, 2.45) is 5.92 Å². The number of benzene rings is 2. The molecular formula is C23H20Cl3N3O3. The minimum absolute atomic E-state index is 0.0660. The molecule has 2 aliphatic heterocycles. The molecule has 3 amide bonds. The molecule has 1 N–H and O–H groups in total. The van der Waals surface area contributed by atoms with Crippen LogP contribution >= 0.6 is 34.8 Å². The zero-order chi connectivity index (χ0) is 23.0. The molecule has 32 heavy (non-hydrogen) atoms. The molecule has 2 heterocycles. The van der Waals surface area contributed by atoms with Gasteiger partial charge in [0.2, 0.25) is 0 Å². The summed E-state index contributed by atoms with van der Waals surface area (Å²) in [4.78, 5) is 41.4. The van der Waals surface area contributed by atoms with Crippen LogP contribution in [0.25, 0.3) is 0 Å². The second kappa shape index (κ2) is 9.14. The van der Waals surface area contributed by atoms with Gasteiger partial charge in [0.05, 0.1) is 10.7 Å². The Balaban J connectivity index is 1.56. The van der Waals surface area contributed by atoms with E-state index < -0.39 is 11.8 Å². The van der Waals surface area contributed by atoms with E-state index in [1.54, 1.807) is 24.3 Å². The topological polar surface area (TPSA) is 69.7 Å². The predicted molar refractivity (Wildman–Crippen MR) is 126 cm³/mol. The number of amides is 3. The second-order valence-corrected chi connectivity index (χ2v) is 9.16. The monoisotopic (exact) mass is 491 g/mol. The number of nitrogens with one attached hydrogen (secondary N) is 1. The first-order valence-corrected chi connectivity index (χ1v) is 11.3. The zero-order valence-corrected chi connectivity index (χ0v) is 19.5. The van der Waals surface area contributed by atoms with Crippen LogP contribution in [0.15, 0.2) is 53.2 Å². The van der Waals surface area contributed by atoms with Gasteiger partial charge >= 0.3 is 0 Å². The summed E-state index contributed by atoms with van der Waals surface area (Å²) in [5, 5.41) is 3.16. The average molecular weight is 493 g/mol. The third kappa shape index (κ3) is 4.35. The molecule has 1 atom stereocenters. The Morgan fingerprint density at radius 2 is 1.84 bits per heavy atom. The summed E-state index contributed by atoms with van der Waals surface area (Å²) in [6.45, 7) is 3.58. The molecule has 6 nitrogen and oxygen atoms in total. The molecular weight excluding hydrogens is 473 g/mol. The smallest absolute Gasteiger partial charge is 0.283 e. The number of likely N-dealkylation sites (tertiary alicyclic amines) is 1. The Morgan fingerprint density at radius 3 is 2.56 bits per heavy atom. The van der Waals surface area contributed by atoms with Crippen LogP contribution in [0.4, 0.5) is 11.4 Å². The van der Waals surface area contributed by atoms with Crippen LogP contribution in [0.1, 0.15) is 30.1 Å². The Kier molecular flexibility index (Phi) is 6.47. The number of halogens is 3. The molecule has 4 rings (SSSR count). The lowest BCUT2D eigenvalue weighted by Crippen LogP contribution is -2.39. The molecule has 0 radical (unpaired) electrons. The van der Waals surface area contributed by atoms with Crippen molar-refractivity contribution in [1.82, 2.24) is 4.90 Å². The molecule has 0 saturated carbocycles. The Bertz CT molecular complexity index is 1150. The number of carbonyl (C=O) groups excluding carboxylic acids is 3. The van der Waals surface area contributed by atoms with Gasteiger partial charge in [-0.3, -0.25) is 14.4 Å². The number of rotatable bonds is 4. The number of nitrogens with zero attached hydrogens (tertiary/aromatic N) is 2. The Hall–Kier alpha value is -2.54. The van der Waals surface area contributed by atoms with Crippen molar-refractivity contribution < 1.29 is 14.4 Å². The summed E-state index contributed by atoms with van der Waals surface area (Å²) in [6, 6.07) is 11.2. The van der Waals surface area contributed by atoms with Crippen molar-refractivity contribution >= 4 is 63.9 Å². The second-order valence-electron chi connectivity index (χ2n) is 7.93. The van der Waals surface area contributed by atoms with E-state index in [-0.39, 0.29) is 27.3 Å². The van der Waals surface area contributed by atoms with E-state index in [0.29, 0.717) is 22.2 Å². The number of piperidine rings is 1. The normalized spacial score (nSPS) is 19.1. The molecule has 1 unspecified atom stereocenters. The summed E-state index contributed by atoms with van der Waals surface area (Å²) >= 11 is 18.3. The first-order valence-electron chi connectivity index (χ1n) is 10.2. The minimum Gasteiger partial charge on any atom is -0.350 e. The highest BCUT2D eigenvalue weighted by Gasteiger charge is 2.40. The van der Waals surface area contributed by atoms with Crippen molar-refractivity contribution in [2.45, 2.75) is 19.8 Å². The van der Waals surface area contributed by atoms with Crippen LogP contribution in [0.3, 0.4) is 0 Å². The molecule has 0 aromatic heterocycles. The maximum atomic E-state index is 13.0. The first kappa shape index (κ1) is 22.6. The zero-order valence-electron chi connectivity index (χ0n) is 17.2. The fraction of sp³-hybridized carbons (Fsp3) is 0.261. The van der Waals surface area contributed by atoms with Crippen LogP contribution in [0, 0.1) is 5.92 Å². The van der Waals surface area contributed by atoms with E-state index in [4.69, 9.17) is 34.8 Å². The van der Waals surface area contributed by atoms with Gasteiger partial charge in [-0.2, -0.15) is 0 Å². The molecule has 2 aromatic rings. The highest BCUT2D eigenvalue weighted by Crippen LogP contribution is 2.35. The summed E-state index contributed by atoms with van der Waals surface area (Å²) in [7, 11) is 0. The molecule has 1 fully saturated rings. The summed E-state index contributed by atoms with van der Waals surface area (Å²) in [5.41, 5.74) is 1.07. The van der Waals surface area contributed by atoms with Gasteiger partial charge < -0.3 is 10.2 Å². The molecule has 0 spiro atoms. The molecule has 0 bridgehead atoms. The van der Waals surface area contributed by atoms with Gasteiger partial charge in [-0.25, -0.2) is 4.90 Å². The number of hydrogen-bond acceptors (Lipinski definition) is 4. The maximum Gasteiger partial charge on any atom is 0.283 e. The Morgan fingerprint density at radius 1 is 1.06 bits per heavy atom. The van der Waals surface area contributed by atoms with Gasteiger partial charge in [0.15, 0.2) is 0 Å². The van der Waals surface area contributed by atoms with Crippen LogP contribution in [-0.4, -0.2) is 35.7 Å². The molecule has 166 valence electrons. The van der Waals surface area contributed by atoms with Gasteiger partial charge in [0.1, 0.15) is 10.7 Å². The molecule has 0 aliphatic carbocycles. The number of carbonyl (C=O) groups is 3. The number of anilines is 2. The van der Waals surface area contributed by atoms with Crippen molar-refractivity contribution in [1.29, 1.82) is 0 Å². The van der Waals surface area contributed by atoms with Crippen molar-refractivity contribution in [2.75, 3.05) is 23.3 Å². The number of imide groups is 1. The van der Waals surface area contributed by atoms with Crippen molar-refractivity contribution in [3.05, 3.63) is 68.8 Å². The third-order valence-corrected chi connectivity index (χ3v) is 6.39. The van der Waals surface area contributed by atoms with Gasteiger partial charge in [-0.1, -0.05) is 47.8 Å². The molecule has 2 aromatic carbocycles. The van der Waals surface area contributed by atoms with Gasteiger partial charge in [-0.05, 0) is 55.2 Å². The predicted octanol–water partition coefficient (Wildman–Crippen LogP) is 5.30. The summed E-state index contributed by atoms with van der Waals surface area (Å²) in [6.07, 6.45) is 2.09. The van der Waals surface area contributed by atoms with E-state index in [1.165, 1.54) is 18.2 Å². The standard InChI is InChI=1S/C23H20Cl3N3O3/c1-13-4-3-9-28(12-13)21(30)14-5-2-6-16(10-14)27-20-19(26)22(31)29(23(20)32)18-8-7-15(24)11-17(18)25/h2,5-8,10-11,13,27H,3-4,9,12H2,1H3. The lowest BCUT2D eigenvalue weighted by atomic mass is 9.99. The van der Waals surface area contributed by atoms with E-state index in [0.717, 1.165) is 30.8 Å². The highest BCUT2D eigenvalue weighted by atomic mass is 35.5. The average Bonchev–Trinajstić information content (AvgIpc) is 2.97. The number of hydrogen-bond donors (Lipinski definition) is 1. The minimum atomic E-state index is -0.696. The molecule has 1 saturated heterocycles. The molecule has 2 aliphatic rings. The van der Waals surface area contributed by atoms with Crippen LogP contribution in [-0.2, 0) is 9.59 Å². The summed E-state index contributed by atoms with van der Waals surface area (Å²) in [5.74, 6) is -0.946. The van der Waals surface area contributed by atoms with Crippen LogP contribution in [0.2, 0.25) is 10.0 Å². The first-order chi connectivity index (χ1) is 15.3. The van der Waals surface area contributed by atoms with Gasteiger partial charge in [-0.15, -0.1) is 0 Å². The van der Waals surface area contributed by atoms with Gasteiger partial charge in [0.25, 0.3) is 17.7 Å². The lowest BCUT2D eigenvalue weighted by molar-refractivity contribution is -0.120. The fourth-order valence-corrected chi connectivity index (χ4v) is 4.63. The fourth-order valence-electron chi connectivity index (χ4n) is 3.92. The Labute approximate surface area is 200 Å². The van der Waals surface area contributed by atoms with E-state index >= 15 is 0 Å². The lowest BCUT2D eigenvalue weighted by Gasteiger charge is -2.31. The van der Waals surface area contributed by atoms with E-state index in [2.05, 4.69) is 12.2 Å². The van der Waals surface area contributed by atoms with Crippen LogP contribution < -0.4 is 10.2 Å². The van der Waals surface area contributed by atoms with E-state index in [9.17, 15) is 14.4 Å². The van der Waals surface area contributed by atoms with Crippen molar-refractivity contribution in [3.8, 4) is 0 Å². The quantitative estimate of drug-likeness (QED) is 0.588. The molecule has 9 heteroatoms. The summed E-state index contributed by atoms with van der Waals surface area (Å²) < 4.78 is 0.